The van der Waals surface area contributed by atoms with E-state index in [4.69, 9.17) is 14.2 Å². The number of carbonyl (C=O) groups is 1. The number of nitrogens with zero attached hydrogens (tertiary/aromatic N) is 2. The monoisotopic (exact) mass is 397 g/mol. The molecule has 0 spiro atoms. The van der Waals surface area contributed by atoms with Crippen molar-refractivity contribution in [3.63, 3.8) is 0 Å². The van der Waals surface area contributed by atoms with Gasteiger partial charge in [-0.15, -0.1) is 0 Å². The van der Waals surface area contributed by atoms with Crippen LogP contribution in [-0.4, -0.2) is 36.0 Å². The lowest BCUT2D eigenvalue weighted by atomic mass is 10.2. The zero-order valence-corrected chi connectivity index (χ0v) is 15.3. The molecule has 0 radical (unpaired) electrons. The van der Waals surface area contributed by atoms with Crippen LogP contribution in [0.1, 0.15) is 10.5 Å². The van der Waals surface area contributed by atoms with Gasteiger partial charge >= 0.3 is 0 Å². The highest BCUT2D eigenvalue weighted by Crippen LogP contribution is 2.32. The molecule has 0 bridgehead atoms. The number of aromatic nitrogens is 2. The number of hydrogen-bond donors (Lipinski definition) is 1. The maximum Gasteiger partial charge on any atom is 0.280 e. The number of fused-ring (bicyclic) bond motifs is 1. The predicted molar refractivity (Wildman–Crippen MR) is 102 cm³/mol. The summed E-state index contributed by atoms with van der Waals surface area (Å²) in [5.41, 5.74) is 0.144. The zero-order chi connectivity index (χ0) is 20.4. The van der Waals surface area contributed by atoms with Gasteiger partial charge in [-0.25, -0.2) is 4.39 Å². The van der Waals surface area contributed by atoms with Crippen molar-refractivity contribution < 1.29 is 23.4 Å². The number of nitrogens with one attached hydrogen (secondary N) is 1. The van der Waals surface area contributed by atoms with Gasteiger partial charge in [0.05, 0.1) is 18.9 Å². The van der Waals surface area contributed by atoms with E-state index in [9.17, 15) is 14.0 Å². The standard InChI is InChI=1S/C20H16FN3O5/c1-27-17-11-18(25)24(14-5-2-12(21)3-6-14)23-19(17)20(26)22-13-4-7-15-16(10-13)29-9-8-28-15/h2-7,10-11H,8-9H2,1H3,(H,22,26). The first kappa shape index (κ1) is 18.5. The summed E-state index contributed by atoms with van der Waals surface area (Å²) in [4.78, 5) is 25.2. The van der Waals surface area contributed by atoms with E-state index in [0.717, 1.165) is 10.7 Å². The van der Waals surface area contributed by atoms with Crippen LogP contribution < -0.4 is 25.1 Å². The number of hydrogen-bond acceptors (Lipinski definition) is 6. The van der Waals surface area contributed by atoms with Gasteiger partial charge in [-0.05, 0) is 36.4 Å². The average molecular weight is 397 g/mol. The highest BCUT2D eigenvalue weighted by atomic mass is 19.1. The number of anilines is 1. The molecule has 3 aromatic rings. The molecule has 1 N–H and O–H groups in total. The molecule has 1 amide bonds. The summed E-state index contributed by atoms with van der Waals surface area (Å²) >= 11 is 0. The second kappa shape index (κ2) is 7.63. The topological polar surface area (TPSA) is 91.7 Å². The molecule has 1 aliphatic rings. The summed E-state index contributed by atoms with van der Waals surface area (Å²) in [6.07, 6.45) is 0. The molecule has 4 rings (SSSR count). The minimum absolute atomic E-state index is 0.0170. The van der Waals surface area contributed by atoms with E-state index in [2.05, 4.69) is 10.4 Å². The Balaban J connectivity index is 1.67. The van der Waals surface area contributed by atoms with Crippen molar-refractivity contribution in [1.29, 1.82) is 0 Å². The Bertz CT molecular complexity index is 1130. The first-order valence-electron chi connectivity index (χ1n) is 8.70. The van der Waals surface area contributed by atoms with Crippen LogP contribution in [0.3, 0.4) is 0 Å². The molecule has 0 atom stereocenters. The number of methoxy groups -OCH3 is 1. The molecule has 29 heavy (non-hydrogen) atoms. The minimum Gasteiger partial charge on any atom is -0.494 e. The molecule has 2 aromatic carbocycles. The largest absolute Gasteiger partial charge is 0.494 e. The Hall–Kier alpha value is -3.88. The molecule has 0 fully saturated rings. The van der Waals surface area contributed by atoms with E-state index in [1.165, 1.54) is 31.4 Å². The Labute approximate surface area is 164 Å². The van der Waals surface area contributed by atoms with Gasteiger partial charge in [0.25, 0.3) is 11.5 Å². The van der Waals surface area contributed by atoms with Crippen LogP contribution >= 0.6 is 0 Å². The summed E-state index contributed by atoms with van der Waals surface area (Å²) in [6, 6.07) is 11.3. The lowest BCUT2D eigenvalue weighted by molar-refractivity contribution is 0.101. The third-order valence-electron chi connectivity index (χ3n) is 4.20. The highest BCUT2D eigenvalue weighted by Gasteiger charge is 2.19. The fourth-order valence-electron chi connectivity index (χ4n) is 2.83. The molecule has 9 heteroatoms. The SMILES string of the molecule is COc1cc(=O)n(-c2ccc(F)cc2)nc1C(=O)Nc1ccc2c(c1)OCCO2. The van der Waals surface area contributed by atoms with E-state index in [-0.39, 0.29) is 11.4 Å². The number of halogens is 1. The van der Waals surface area contributed by atoms with Crippen LogP contribution in [0.25, 0.3) is 5.69 Å². The van der Waals surface area contributed by atoms with Gasteiger partial charge in [0.15, 0.2) is 22.9 Å². The van der Waals surface area contributed by atoms with Crippen molar-refractivity contribution in [1.82, 2.24) is 9.78 Å². The van der Waals surface area contributed by atoms with Gasteiger partial charge in [0.1, 0.15) is 19.0 Å². The van der Waals surface area contributed by atoms with Crippen molar-refractivity contribution in [2.45, 2.75) is 0 Å². The first-order valence-corrected chi connectivity index (χ1v) is 8.70. The van der Waals surface area contributed by atoms with Crippen LogP contribution in [0.2, 0.25) is 0 Å². The number of amides is 1. The summed E-state index contributed by atoms with van der Waals surface area (Å²) in [5.74, 6) is 0.0877. The number of benzene rings is 2. The first-order chi connectivity index (χ1) is 14.0. The van der Waals surface area contributed by atoms with Crippen molar-refractivity contribution in [2.75, 3.05) is 25.6 Å². The van der Waals surface area contributed by atoms with Crippen LogP contribution in [0.4, 0.5) is 10.1 Å². The molecule has 1 aliphatic heterocycles. The van der Waals surface area contributed by atoms with Gasteiger partial charge in [-0.2, -0.15) is 9.78 Å². The highest BCUT2D eigenvalue weighted by molar-refractivity contribution is 6.04. The molecule has 0 saturated carbocycles. The smallest absolute Gasteiger partial charge is 0.280 e. The predicted octanol–water partition coefficient (Wildman–Crippen LogP) is 2.40. The average Bonchev–Trinajstić information content (AvgIpc) is 2.74. The van der Waals surface area contributed by atoms with Crippen molar-refractivity contribution >= 4 is 11.6 Å². The lowest BCUT2D eigenvalue weighted by Crippen LogP contribution is -2.26. The quantitative estimate of drug-likeness (QED) is 0.727. The summed E-state index contributed by atoms with van der Waals surface area (Å²) in [5, 5.41) is 6.81. The number of carbonyl (C=O) groups excluding carboxylic acids is 1. The zero-order valence-electron chi connectivity index (χ0n) is 15.3. The fourth-order valence-corrected chi connectivity index (χ4v) is 2.83. The van der Waals surface area contributed by atoms with Gasteiger partial charge in [0.2, 0.25) is 0 Å². The van der Waals surface area contributed by atoms with E-state index in [1.807, 2.05) is 0 Å². The normalized spacial score (nSPS) is 12.3. The van der Waals surface area contributed by atoms with Crippen molar-refractivity contribution in [2.24, 2.45) is 0 Å². The minimum atomic E-state index is -0.589. The molecular formula is C20H16FN3O5. The van der Waals surface area contributed by atoms with Crippen molar-refractivity contribution in [3.8, 4) is 22.9 Å². The van der Waals surface area contributed by atoms with Crippen molar-refractivity contribution in [3.05, 3.63) is 70.4 Å². The third-order valence-corrected chi connectivity index (χ3v) is 4.20. The number of rotatable bonds is 4. The molecule has 148 valence electrons. The molecule has 8 nitrogen and oxygen atoms in total. The molecule has 2 heterocycles. The van der Waals surface area contributed by atoms with Gasteiger partial charge in [-0.3, -0.25) is 9.59 Å². The Morgan fingerprint density at radius 2 is 1.83 bits per heavy atom. The van der Waals surface area contributed by atoms with Gasteiger partial charge < -0.3 is 19.5 Å². The summed E-state index contributed by atoms with van der Waals surface area (Å²) < 4.78 is 30.3. The number of ether oxygens (including phenoxy) is 3. The Morgan fingerprint density at radius 3 is 2.55 bits per heavy atom. The summed E-state index contributed by atoms with van der Waals surface area (Å²) in [6.45, 7) is 0.882. The summed E-state index contributed by atoms with van der Waals surface area (Å²) in [7, 11) is 1.33. The Kier molecular flexibility index (Phi) is 4.86. The van der Waals surface area contributed by atoms with E-state index >= 15 is 0 Å². The molecule has 0 saturated heterocycles. The van der Waals surface area contributed by atoms with Gasteiger partial charge in [-0.1, -0.05) is 0 Å². The molecule has 0 unspecified atom stereocenters. The van der Waals surface area contributed by atoms with Gasteiger partial charge in [0, 0.05) is 11.8 Å². The third kappa shape index (κ3) is 3.75. The van der Waals surface area contributed by atoms with E-state index in [0.29, 0.717) is 36.1 Å². The van der Waals surface area contributed by atoms with Crippen LogP contribution in [0, 0.1) is 5.82 Å². The van der Waals surface area contributed by atoms with E-state index < -0.39 is 17.3 Å². The second-order valence-electron chi connectivity index (χ2n) is 6.10. The lowest BCUT2D eigenvalue weighted by Gasteiger charge is -2.19. The van der Waals surface area contributed by atoms with Crippen LogP contribution in [-0.2, 0) is 0 Å². The molecular weight excluding hydrogens is 381 g/mol. The second-order valence-corrected chi connectivity index (χ2v) is 6.10. The molecule has 0 aliphatic carbocycles. The Morgan fingerprint density at radius 1 is 1.10 bits per heavy atom. The van der Waals surface area contributed by atoms with Crippen LogP contribution in [0.5, 0.6) is 17.2 Å². The maximum atomic E-state index is 13.2. The maximum absolute atomic E-state index is 13.2. The van der Waals surface area contributed by atoms with E-state index in [1.54, 1.807) is 18.2 Å². The molecule has 1 aromatic heterocycles. The van der Waals surface area contributed by atoms with Crippen LogP contribution in [0.15, 0.2) is 53.3 Å². The fraction of sp³-hybridized carbons (Fsp3) is 0.150.